The van der Waals surface area contributed by atoms with E-state index in [0.717, 1.165) is 10.9 Å². The van der Waals surface area contributed by atoms with Crippen molar-refractivity contribution in [3.05, 3.63) is 53.9 Å². The lowest BCUT2D eigenvalue weighted by Crippen LogP contribution is -2.37. The number of aromatic nitrogens is 2. The largest absolute Gasteiger partial charge is 0.419 e. The van der Waals surface area contributed by atoms with Crippen LogP contribution < -0.4 is 11.3 Å². The lowest BCUT2D eigenvalue weighted by Gasteiger charge is -2.16. The highest BCUT2D eigenvalue weighted by Crippen LogP contribution is 2.30. The summed E-state index contributed by atoms with van der Waals surface area (Å²) >= 11 is 0. The molecule has 0 aliphatic heterocycles. The van der Waals surface area contributed by atoms with Crippen molar-refractivity contribution in [2.24, 2.45) is 5.84 Å². The summed E-state index contributed by atoms with van der Waals surface area (Å²) in [6.07, 6.45) is -3.08. The van der Waals surface area contributed by atoms with Crippen LogP contribution in [-0.2, 0) is 11.0 Å². The van der Waals surface area contributed by atoms with E-state index in [1.165, 1.54) is 0 Å². The summed E-state index contributed by atoms with van der Waals surface area (Å²) in [7, 11) is 0. The molecule has 106 valence electrons. The van der Waals surface area contributed by atoms with Crippen molar-refractivity contribution in [1.82, 2.24) is 15.2 Å². The van der Waals surface area contributed by atoms with Gasteiger partial charge in [0.1, 0.15) is 0 Å². The Kier molecular flexibility index (Phi) is 3.75. The Labute approximate surface area is 112 Å². The number of benzene rings is 1. The van der Waals surface area contributed by atoms with Crippen LogP contribution in [0.4, 0.5) is 13.2 Å². The molecule has 1 heterocycles. The molecule has 0 aliphatic carbocycles. The van der Waals surface area contributed by atoms with E-state index in [9.17, 15) is 18.0 Å². The van der Waals surface area contributed by atoms with Crippen LogP contribution in [0.2, 0.25) is 0 Å². The first-order valence-electron chi connectivity index (χ1n) is 5.60. The van der Waals surface area contributed by atoms with Crippen molar-refractivity contribution in [2.45, 2.75) is 12.2 Å². The maximum atomic E-state index is 12.6. The van der Waals surface area contributed by atoms with Gasteiger partial charge >= 0.3 is 6.18 Å². The van der Waals surface area contributed by atoms with Crippen LogP contribution in [0.5, 0.6) is 0 Å². The average molecular weight is 284 g/mol. The molecule has 1 aromatic heterocycles. The minimum Gasteiger partial charge on any atom is -0.292 e. The van der Waals surface area contributed by atoms with Crippen LogP contribution in [-0.4, -0.2) is 15.7 Å². The highest BCUT2D eigenvalue weighted by Gasteiger charge is 2.34. The van der Waals surface area contributed by atoms with Gasteiger partial charge in [0.05, 0.1) is 11.8 Å². The summed E-state index contributed by atoms with van der Waals surface area (Å²) in [6, 6.07) is 7.22. The molecule has 8 heteroatoms. The molecule has 1 amide bonds. The van der Waals surface area contributed by atoms with E-state index in [2.05, 4.69) is 5.10 Å². The third-order valence-corrected chi connectivity index (χ3v) is 2.70. The zero-order chi connectivity index (χ0) is 14.8. The summed E-state index contributed by atoms with van der Waals surface area (Å²) in [4.78, 5) is 11.8. The molecular formula is C12H11F3N4O. The van der Waals surface area contributed by atoms with Crippen molar-refractivity contribution in [3.63, 3.8) is 0 Å². The zero-order valence-corrected chi connectivity index (χ0v) is 10.1. The first kappa shape index (κ1) is 14.1. The van der Waals surface area contributed by atoms with Gasteiger partial charge in [-0.3, -0.25) is 14.9 Å². The van der Waals surface area contributed by atoms with Gasteiger partial charge in [-0.05, 0) is 5.56 Å². The van der Waals surface area contributed by atoms with Gasteiger partial charge in [0.2, 0.25) is 0 Å². The van der Waals surface area contributed by atoms with E-state index >= 15 is 0 Å². The maximum absolute atomic E-state index is 12.6. The lowest BCUT2D eigenvalue weighted by atomic mass is 10.1. The molecule has 0 saturated heterocycles. The summed E-state index contributed by atoms with van der Waals surface area (Å²) in [5.74, 6) is 4.42. The predicted octanol–water partition coefficient (Wildman–Crippen LogP) is 1.48. The van der Waals surface area contributed by atoms with E-state index in [4.69, 9.17) is 5.84 Å². The molecule has 0 bridgehead atoms. The SMILES string of the molecule is NNC(=O)C(c1ccccc1)n1cc(C(F)(F)F)cn1. The van der Waals surface area contributed by atoms with Crippen molar-refractivity contribution in [3.8, 4) is 0 Å². The van der Waals surface area contributed by atoms with E-state index in [-0.39, 0.29) is 0 Å². The first-order chi connectivity index (χ1) is 9.43. The number of nitrogens with one attached hydrogen (secondary N) is 1. The number of carbonyl (C=O) groups excluding carboxylic acids is 1. The monoisotopic (exact) mass is 284 g/mol. The van der Waals surface area contributed by atoms with Gasteiger partial charge in [-0.25, -0.2) is 5.84 Å². The third-order valence-electron chi connectivity index (χ3n) is 2.70. The molecule has 3 N–H and O–H groups in total. The molecular weight excluding hydrogens is 273 g/mol. The fourth-order valence-electron chi connectivity index (χ4n) is 1.76. The quantitative estimate of drug-likeness (QED) is 0.509. The highest BCUT2D eigenvalue weighted by atomic mass is 19.4. The van der Waals surface area contributed by atoms with Crippen molar-refractivity contribution in [2.75, 3.05) is 0 Å². The van der Waals surface area contributed by atoms with Gasteiger partial charge in [0, 0.05) is 6.20 Å². The molecule has 1 atom stereocenters. The second kappa shape index (κ2) is 5.33. The van der Waals surface area contributed by atoms with Crippen LogP contribution in [0, 0.1) is 0 Å². The maximum Gasteiger partial charge on any atom is 0.419 e. The number of hydrazine groups is 1. The van der Waals surface area contributed by atoms with Crippen LogP contribution in [0.1, 0.15) is 17.2 Å². The molecule has 0 radical (unpaired) electrons. The van der Waals surface area contributed by atoms with Crippen LogP contribution >= 0.6 is 0 Å². The molecule has 2 rings (SSSR count). The zero-order valence-electron chi connectivity index (χ0n) is 10.1. The topological polar surface area (TPSA) is 72.9 Å². The van der Waals surface area contributed by atoms with Crippen molar-refractivity contribution in [1.29, 1.82) is 0 Å². The Morgan fingerprint density at radius 2 is 1.95 bits per heavy atom. The molecule has 20 heavy (non-hydrogen) atoms. The third kappa shape index (κ3) is 2.80. The number of hydrogen-bond acceptors (Lipinski definition) is 3. The summed E-state index contributed by atoms with van der Waals surface area (Å²) in [5, 5.41) is 3.61. The minimum atomic E-state index is -4.52. The molecule has 2 aromatic rings. The van der Waals surface area contributed by atoms with E-state index in [0.29, 0.717) is 11.8 Å². The van der Waals surface area contributed by atoms with Crippen LogP contribution in [0.15, 0.2) is 42.7 Å². The number of halogens is 3. The Hall–Kier alpha value is -2.35. The van der Waals surface area contributed by atoms with Crippen LogP contribution in [0.3, 0.4) is 0 Å². The molecule has 0 aliphatic rings. The van der Waals surface area contributed by atoms with E-state index < -0.39 is 23.7 Å². The first-order valence-corrected chi connectivity index (χ1v) is 5.60. The lowest BCUT2D eigenvalue weighted by molar-refractivity contribution is -0.137. The van der Waals surface area contributed by atoms with Crippen molar-refractivity contribution < 1.29 is 18.0 Å². The number of amides is 1. The van der Waals surface area contributed by atoms with Gasteiger partial charge in [-0.2, -0.15) is 18.3 Å². The fourth-order valence-corrected chi connectivity index (χ4v) is 1.76. The standard InChI is InChI=1S/C12H11F3N4O/c13-12(14,15)9-6-17-19(7-9)10(11(20)18-16)8-4-2-1-3-5-8/h1-7,10H,16H2,(H,18,20). The molecule has 0 spiro atoms. The predicted molar refractivity (Wildman–Crippen MR) is 64.1 cm³/mol. The Bertz CT molecular complexity index is 594. The second-order valence-electron chi connectivity index (χ2n) is 4.03. The Morgan fingerprint density at radius 3 is 2.45 bits per heavy atom. The molecule has 1 aromatic carbocycles. The molecule has 0 fully saturated rings. The number of rotatable bonds is 3. The number of hydrogen-bond donors (Lipinski definition) is 2. The molecule has 5 nitrogen and oxygen atoms in total. The summed E-state index contributed by atoms with van der Waals surface area (Å²) < 4.78 is 38.6. The van der Waals surface area contributed by atoms with Gasteiger partial charge in [0.25, 0.3) is 5.91 Å². The Balaban J connectivity index is 2.43. The fraction of sp³-hybridized carbons (Fsp3) is 0.167. The van der Waals surface area contributed by atoms with Crippen molar-refractivity contribution >= 4 is 5.91 Å². The van der Waals surface area contributed by atoms with Crippen LogP contribution in [0.25, 0.3) is 0 Å². The van der Waals surface area contributed by atoms with E-state index in [1.807, 2.05) is 5.43 Å². The number of alkyl halides is 3. The van der Waals surface area contributed by atoms with E-state index in [1.54, 1.807) is 30.3 Å². The molecule has 0 saturated carbocycles. The number of carbonyl (C=O) groups is 1. The van der Waals surface area contributed by atoms with Gasteiger partial charge < -0.3 is 0 Å². The number of nitrogens with zero attached hydrogens (tertiary/aromatic N) is 2. The second-order valence-corrected chi connectivity index (χ2v) is 4.03. The highest BCUT2D eigenvalue weighted by molar-refractivity contribution is 5.82. The summed E-state index contributed by atoms with van der Waals surface area (Å²) in [6.45, 7) is 0. The number of nitrogens with two attached hydrogens (primary N) is 1. The van der Waals surface area contributed by atoms with Gasteiger partial charge in [-0.1, -0.05) is 30.3 Å². The molecule has 1 unspecified atom stereocenters. The smallest absolute Gasteiger partial charge is 0.292 e. The minimum absolute atomic E-state index is 0.479. The normalized spacial score (nSPS) is 13.0. The van der Waals surface area contributed by atoms with Gasteiger partial charge in [-0.15, -0.1) is 0 Å². The summed E-state index contributed by atoms with van der Waals surface area (Å²) in [5.41, 5.74) is 1.48. The Morgan fingerprint density at radius 1 is 1.30 bits per heavy atom. The average Bonchev–Trinajstić information content (AvgIpc) is 2.89. The van der Waals surface area contributed by atoms with Gasteiger partial charge in [0.15, 0.2) is 6.04 Å².